The number of aliphatic hydroxyl groups excluding tert-OH is 1. The summed E-state index contributed by atoms with van der Waals surface area (Å²) < 4.78 is 0. The molecule has 144 valence electrons. The van der Waals surface area contributed by atoms with E-state index in [9.17, 15) is 15.0 Å². The Labute approximate surface area is 160 Å². The van der Waals surface area contributed by atoms with Gasteiger partial charge in [0.05, 0.1) is 6.10 Å². The molecular formula is C20H30N2O3S. The van der Waals surface area contributed by atoms with Crippen LogP contribution in [-0.2, 0) is 4.79 Å². The van der Waals surface area contributed by atoms with Gasteiger partial charge in [0.15, 0.2) is 0 Å². The number of carboxylic acid groups (broad SMARTS) is 1. The summed E-state index contributed by atoms with van der Waals surface area (Å²) >= 11 is 1.62. The highest BCUT2D eigenvalue weighted by molar-refractivity contribution is 7.99. The van der Waals surface area contributed by atoms with Gasteiger partial charge in [0, 0.05) is 29.8 Å². The molecule has 0 radical (unpaired) electrons. The molecule has 0 bridgehead atoms. The number of hydrogen-bond donors (Lipinski definition) is 3. The molecule has 1 saturated carbocycles. The standard InChI is InChI=1S/C20H30N2O3S/c21-17(13-26-16-8-2-1-3-9-16)19(23)12-22-11-15-7-5-4-6-14(15)10-18(22)20(24)25/h1-3,8-9,14-15,17-19,23H,4-7,10-13,21H2,(H,24,25)/t14?,15?,17?,18-,19?/m1/s1. The van der Waals surface area contributed by atoms with Gasteiger partial charge in [-0.25, -0.2) is 0 Å². The summed E-state index contributed by atoms with van der Waals surface area (Å²) in [5.41, 5.74) is 6.19. The predicted octanol–water partition coefficient (Wildman–Crippen LogP) is 2.43. The highest BCUT2D eigenvalue weighted by Crippen LogP contribution is 2.38. The highest BCUT2D eigenvalue weighted by atomic mass is 32.2. The summed E-state index contributed by atoms with van der Waals surface area (Å²) in [6.07, 6.45) is 4.78. The number of fused-ring (bicyclic) bond motifs is 1. The topological polar surface area (TPSA) is 86.8 Å². The molecule has 4 unspecified atom stereocenters. The Bertz CT molecular complexity index is 586. The number of likely N-dealkylation sites (tertiary alicyclic amines) is 1. The second-order valence-corrected chi connectivity index (χ2v) is 8.80. The van der Waals surface area contributed by atoms with E-state index in [4.69, 9.17) is 5.73 Å². The highest BCUT2D eigenvalue weighted by Gasteiger charge is 2.40. The Morgan fingerprint density at radius 1 is 1.23 bits per heavy atom. The molecule has 4 N–H and O–H groups in total. The van der Waals surface area contributed by atoms with Crippen LogP contribution in [-0.4, -0.2) is 58.1 Å². The minimum atomic E-state index is -0.770. The van der Waals surface area contributed by atoms with Gasteiger partial charge in [0.1, 0.15) is 6.04 Å². The number of carboxylic acids is 1. The van der Waals surface area contributed by atoms with E-state index in [2.05, 4.69) is 0 Å². The lowest BCUT2D eigenvalue weighted by Gasteiger charge is -2.45. The second-order valence-electron chi connectivity index (χ2n) is 7.70. The zero-order valence-corrected chi connectivity index (χ0v) is 16.0. The maximum Gasteiger partial charge on any atom is 0.320 e. The van der Waals surface area contributed by atoms with E-state index in [1.54, 1.807) is 11.8 Å². The number of carbonyl (C=O) groups is 1. The van der Waals surface area contributed by atoms with Gasteiger partial charge in [0.2, 0.25) is 0 Å². The summed E-state index contributed by atoms with van der Waals surface area (Å²) in [6, 6.07) is 9.12. The van der Waals surface area contributed by atoms with Gasteiger partial charge in [-0.15, -0.1) is 11.8 Å². The summed E-state index contributed by atoms with van der Waals surface area (Å²) in [7, 11) is 0. The largest absolute Gasteiger partial charge is 0.480 e. The third-order valence-electron chi connectivity index (χ3n) is 5.89. The first-order valence-electron chi connectivity index (χ1n) is 9.63. The van der Waals surface area contributed by atoms with Crippen molar-refractivity contribution in [2.75, 3.05) is 18.8 Å². The SMILES string of the molecule is NC(CSc1ccccc1)C(O)CN1CC2CCCCC2C[C@@H]1C(=O)O. The molecule has 2 aliphatic rings. The third-order valence-corrected chi connectivity index (χ3v) is 7.05. The van der Waals surface area contributed by atoms with E-state index in [1.807, 2.05) is 35.2 Å². The van der Waals surface area contributed by atoms with Gasteiger partial charge in [0.25, 0.3) is 0 Å². The Kier molecular flexibility index (Phi) is 6.98. The molecule has 6 heteroatoms. The fourth-order valence-electron chi connectivity index (χ4n) is 4.35. The number of aliphatic hydroxyl groups is 1. The summed E-state index contributed by atoms with van der Waals surface area (Å²) in [4.78, 5) is 14.8. The number of piperidine rings is 1. The van der Waals surface area contributed by atoms with E-state index >= 15 is 0 Å². The van der Waals surface area contributed by atoms with E-state index < -0.39 is 18.1 Å². The molecule has 1 aromatic rings. The fraction of sp³-hybridized carbons (Fsp3) is 0.650. The van der Waals surface area contributed by atoms with Gasteiger partial charge in [-0.05, 0) is 36.8 Å². The van der Waals surface area contributed by atoms with Crippen LogP contribution in [0.1, 0.15) is 32.1 Å². The van der Waals surface area contributed by atoms with Crippen LogP contribution in [0, 0.1) is 11.8 Å². The zero-order valence-electron chi connectivity index (χ0n) is 15.2. The average Bonchev–Trinajstić information content (AvgIpc) is 2.66. The lowest BCUT2D eigenvalue weighted by atomic mass is 9.73. The molecular weight excluding hydrogens is 348 g/mol. The summed E-state index contributed by atoms with van der Waals surface area (Å²) in [6.45, 7) is 1.12. The fourth-order valence-corrected chi connectivity index (χ4v) is 5.31. The lowest BCUT2D eigenvalue weighted by molar-refractivity contribution is -0.148. The number of aliphatic carboxylic acids is 1. The van der Waals surface area contributed by atoms with Crippen molar-refractivity contribution in [3.05, 3.63) is 30.3 Å². The molecule has 1 saturated heterocycles. The van der Waals surface area contributed by atoms with Crippen molar-refractivity contribution in [3.63, 3.8) is 0 Å². The van der Waals surface area contributed by atoms with Crippen molar-refractivity contribution >= 4 is 17.7 Å². The monoisotopic (exact) mass is 378 g/mol. The van der Waals surface area contributed by atoms with Crippen LogP contribution in [0.4, 0.5) is 0 Å². The molecule has 1 aliphatic heterocycles. The number of nitrogens with zero attached hydrogens (tertiary/aromatic N) is 1. The molecule has 2 fully saturated rings. The number of rotatable bonds is 7. The predicted molar refractivity (Wildman–Crippen MR) is 104 cm³/mol. The van der Waals surface area contributed by atoms with E-state index in [-0.39, 0.29) is 6.04 Å². The van der Waals surface area contributed by atoms with E-state index in [0.717, 1.165) is 17.9 Å². The van der Waals surface area contributed by atoms with Crippen molar-refractivity contribution < 1.29 is 15.0 Å². The Morgan fingerprint density at radius 2 is 1.92 bits per heavy atom. The number of thioether (sulfide) groups is 1. The van der Waals surface area contributed by atoms with Crippen molar-refractivity contribution in [1.82, 2.24) is 4.90 Å². The van der Waals surface area contributed by atoms with E-state index in [1.165, 1.54) is 19.3 Å². The van der Waals surface area contributed by atoms with Crippen LogP contribution in [0.25, 0.3) is 0 Å². The molecule has 5 nitrogen and oxygen atoms in total. The van der Waals surface area contributed by atoms with Crippen molar-refractivity contribution in [2.24, 2.45) is 17.6 Å². The molecule has 1 aromatic carbocycles. The van der Waals surface area contributed by atoms with Crippen LogP contribution >= 0.6 is 11.8 Å². The van der Waals surface area contributed by atoms with Crippen LogP contribution < -0.4 is 5.73 Å². The van der Waals surface area contributed by atoms with Crippen LogP contribution in [0.2, 0.25) is 0 Å². The van der Waals surface area contributed by atoms with Gasteiger partial charge in [-0.2, -0.15) is 0 Å². The first kappa shape index (κ1) is 19.7. The van der Waals surface area contributed by atoms with Crippen molar-refractivity contribution in [2.45, 2.75) is 55.2 Å². The minimum Gasteiger partial charge on any atom is -0.480 e. The van der Waals surface area contributed by atoms with Crippen LogP contribution in [0.15, 0.2) is 35.2 Å². The summed E-state index contributed by atoms with van der Waals surface area (Å²) in [5, 5.41) is 20.2. The first-order chi connectivity index (χ1) is 12.5. The normalized spacial score (nSPS) is 28.9. The van der Waals surface area contributed by atoms with Gasteiger partial charge < -0.3 is 15.9 Å². The minimum absolute atomic E-state index is 0.344. The van der Waals surface area contributed by atoms with Crippen LogP contribution in [0.5, 0.6) is 0 Å². The van der Waals surface area contributed by atoms with Crippen molar-refractivity contribution in [1.29, 1.82) is 0 Å². The number of nitrogens with two attached hydrogens (primary N) is 1. The zero-order chi connectivity index (χ0) is 18.5. The van der Waals surface area contributed by atoms with Gasteiger partial charge in [-0.3, -0.25) is 9.69 Å². The molecule has 26 heavy (non-hydrogen) atoms. The first-order valence-corrected chi connectivity index (χ1v) is 10.6. The molecule has 5 atom stereocenters. The second kappa shape index (κ2) is 9.22. The van der Waals surface area contributed by atoms with Crippen LogP contribution in [0.3, 0.4) is 0 Å². The lowest BCUT2D eigenvalue weighted by Crippen LogP contribution is -2.56. The van der Waals surface area contributed by atoms with Gasteiger partial charge in [-0.1, -0.05) is 37.5 Å². The Morgan fingerprint density at radius 3 is 2.62 bits per heavy atom. The quantitative estimate of drug-likeness (QED) is 0.632. The maximum atomic E-state index is 11.7. The molecule has 0 spiro atoms. The third kappa shape index (κ3) is 5.00. The molecule has 1 aliphatic carbocycles. The number of benzene rings is 1. The van der Waals surface area contributed by atoms with Crippen molar-refractivity contribution in [3.8, 4) is 0 Å². The number of β-amino-alcohol motifs (C(OH)–C–C–N with tert-alkyl or cyclic N) is 1. The van der Waals surface area contributed by atoms with Gasteiger partial charge >= 0.3 is 5.97 Å². The Balaban J connectivity index is 1.55. The molecule has 1 heterocycles. The smallest absolute Gasteiger partial charge is 0.320 e. The molecule has 0 amide bonds. The Hall–Kier alpha value is -1.08. The molecule has 0 aromatic heterocycles. The summed E-state index contributed by atoms with van der Waals surface area (Å²) in [5.74, 6) is 0.943. The number of hydrogen-bond acceptors (Lipinski definition) is 5. The average molecular weight is 379 g/mol. The molecule has 3 rings (SSSR count). The maximum absolute atomic E-state index is 11.7. The van der Waals surface area contributed by atoms with E-state index in [0.29, 0.717) is 30.6 Å².